The molecule has 0 unspecified atom stereocenters. The molecular formula is C16H14O3. The summed E-state index contributed by atoms with van der Waals surface area (Å²) >= 11 is 0. The van der Waals surface area contributed by atoms with E-state index in [4.69, 9.17) is 9.15 Å². The fourth-order valence-corrected chi connectivity index (χ4v) is 2.04. The standard InChI is InChI=1S/C16H14O3/c1-11-5-6-15-12(10-19-16(15)7-11)9-18-14-4-2-3-13(17)8-14/h2-8,10,17H,9H2,1H3. The number of fused-ring (bicyclic) bond motifs is 1. The van der Waals surface area contributed by atoms with Crippen molar-refractivity contribution >= 4 is 11.0 Å². The van der Waals surface area contributed by atoms with E-state index in [1.807, 2.05) is 25.1 Å². The van der Waals surface area contributed by atoms with Crippen molar-refractivity contribution in [1.82, 2.24) is 0 Å². The average Bonchev–Trinajstić information content (AvgIpc) is 2.78. The number of hydrogen-bond donors (Lipinski definition) is 1. The number of benzene rings is 2. The van der Waals surface area contributed by atoms with Crippen molar-refractivity contribution < 1.29 is 14.3 Å². The lowest BCUT2D eigenvalue weighted by molar-refractivity contribution is 0.304. The average molecular weight is 254 g/mol. The molecule has 0 aliphatic rings. The van der Waals surface area contributed by atoms with Crippen molar-refractivity contribution in [1.29, 1.82) is 0 Å². The highest BCUT2D eigenvalue weighted by molar-refractivity contribution is 5.81. The van der Waals surface area contributed by atoms with Crippen molar-refractivity contribution in [3.05, 3.63) is 59.9 Å². The van der Waals surface area contributed by atoms with Crippen LogP contribution in [0.3, 0.4) is 0 Å². The number of hydrogen-bond acceptors (Lipinski definition) is 3. The van der Waals surface area contributed by atoms with Gasteiger partial charge in [-0.25, -0.2) is 0 Å². The molecule has 0 saturated heterocycles. The van der Waals surface area contributed by atoms with Crippen LogP contribution in [0.25, 0.3) is 11.0 Å². The number of phenols is 1. The number of aryl methyl sites for hydroxylation is 1. The molecule has 1 heterocycles. The molecule has 1 aromatic heterocycles. The molecule has 0 saturated carbocycles. The summed E-state index contributed by atoms with van der Waals surface area (Å²) < 4.78 is 11.2. The zero-order valence-electron chi connectivity index (χ0n) is 10.6. The second kappa shape index (κ2) is 4.69. The summed E-state index contributed by atoms with van der Waals surface area (Å²) in [6.07, 6.45) is 1.72. The maximum atomic E-state index is 9.37. The van der Waals surface area contributed by atoms with Crippen molar-refractivity contribution in [2.24, 2.45) is 0 Å². The molecule has 0 bridgehead atoms. The van der Waals surface area contributed by atoms with Crippen molar-refractivity contribution in [3.63, 3.8) is 0 Å². The van der Waals surface area contributed by atoms with E-state index >= 15 is 0 Å². The van der Waals surface area contributed by atoms with Gasteiger partial charge in [-0.05, 0) is 30.7 Å². The fraction of sp³-hybridized carbons (Fsp3) is 0.125. The minimum Gasteiger partial charge on any atom is -0.508 e. The Kier molecular flexibility index (Phi) is 2.88. The van der Waals surface area contributed by atoms with E-state index < -0.39 is 0 Å². The van der Waals surface area contributed by atoms with Crippen LogP contribution in [0.5, 0.6) is 11.5 Å². The van der Waals surface area contributed by atoms with E-state index in [-0.39, 0.29) is 5.75 Å². The molecule has 3 aromatic rings. The maximum absolute atomic E-state index is 9.37. The van der Waals surface area contributed by atoms with Gasteiger partial charge in [0.25, 0.3) is 0 Å². The molecule has 3 heteroatoms. The maximum Gasteiger partial charge on any atom is 0.134 e. The van der Waals surface area contributed by atoms with Crippen LogP contribution in [0.1, 0.15) is 11.1 Å². The smallest absolute Gasteiger partial charge is 0.134 e. The minimum absolute atomic E-state index is 0.199. The Morgan fingerprint density at radius 1 is 1.16 bits per heavy atom. The summed E-state index contributed by atoms with van der Waals surface area (Å²) in [4.78, 5) is 0. The van der Waals surface area contributed by atoms with E-state index in [1.165, 1.54) is 5.56 Å². The lowest BCUT2D eigenvalue weighted by Crippen LogP contribution is -1.94. The van der Waals surface area contributed by atoms with Crippen LogP contribution >= 0.6 is 0 Å². The molecule has 1 N–H and O–H groups in total. The molecule has 96 valence electrons. The molecule has 0 aliphatic carbocycles. The number of phenolic OH excluding ortho intramolecular Hbond substituents is 1. The summed E-state index contributed by atoms with van der Waals surface area (Å²) in [7, 11) is 0. The monoisotopic (exact) mass is 254 g/mol. The van der Waals surface area contributed by atoms with Gasteiger partial charge in [-0.3, -0.25) is 0 Å². The van der Waals surface area contributed by atoms with Crippen LogP contribution in [0.2, 0.25) is 0 Å². The highest BCUT2D eigenvalue weighted by atomic mass is 16.5. The normalized spacial score (nSPS) is 10.8. The van der Waals surface area contributed by atoms with Gasteiger partial charge in [-0.1, -0.05) is 18.2 Å². The Labute approximate surface area is 111 Å². The molecule has 0 amide bonds. The second-order valence-electron chi connectivity index (χ2n) is 4.55. The Bertz CT molecular complexity index is 713. The van der Waals surface area contributed by atoms with E-state index in [0.29, 0.717) is 12.4 Å². The van der Waals surface area contributed by atoms with Crippen LogP contribution in [-0.4, -0.2) is 5.11 Å². The van der Waals surface area contributed by atoms with Gasteiger partial charge in [0.05, 0.1) is 6.26 Å². The zero-order valence-corrected chi connectivity index (χ0v) is 10.6. The molecule has 0 aliphatic heterocycles. The third kappa shape index (κ3) is 2.40. The number of rotatable bonds is 3. The van der Waals surface area contributed by atoms with E-state index in [2.05, 4.69) is 6.07 Å². The minimum atomic E-state index is 0.199. The van der Waals surface area contributed by atoms with Crippen LogP contribution in [0.4, 0.5) is 0 Å². The van der Waals surface area contributed by atoms with E-state index in [1.54, 1.807) is 24.5 Å². The van der Waals surface area contributed by atoms with Crippen LogP contribution < -0.4 is 4.74 Å². The second-order valence-corrected chi connectivity index (χ2v) is 4.55. The first-order chi connectivity index (χ1) is 9.22. The van der Waals surface area contributed by atoms with Gasteiger partial charge in [0, 0.05) is 17.0 Å². The predicted molar refractivity (Wildman–Crippen MR) is 73.4 cm³/mol. The Balaban J connectivity index is 1.82. The van der Waals surface area contributed by atoms with Crippen LogP contribution in [-0.2, 0) is 6.61 Å². The molecule has 0 radical (unpaired) electrons. The summed E-state index contributed by atoms with van der Waals surface area (Å²) in [6.45, 7) is 2.45. The van der Waals surface area contributed by atoms with Gasteiger partial charge in [-0.15, -0.1) is 0 Å². The molecule has 2 aromatic carbocycles. The Hall–Kier alpha value is -2.42. The van der Waals surface area contributed by atoms with Gasteiger partial charge in [0.1, 0.15) is 23.7 Å². The molecule has 0 atom stereocenters. The molecule has 19 heavy (non-hydrogen) atoms. The molecule has 0 spiro atoms. The fourth-order valence-electron chi connectivity index (χ4n) is 2.04. The largest absolute Gasteiger partial charge is 0.508 e. The topological polar surface area (TPSA) is 42.6 Å². The molecular weight excluding hydrogens is 240 g/mol. The van der Waals surface area contributed by atoms with Gasteiger partial charge in [0.2, 0.25) is 0 Å². The lowest BCUT2D eigenvalue weighted by atomic mass is 10.1. The van der Waals surface area contributed by atoms with Gasteiger partial charge >= 0.3 is 0 Å². The highest BCUT2D eigenvalue weighted by Crippen LogP contribution is 2.24. The number of aromatic hydroxyl groups is 1. The third-order valence-corrected chi connectivity index (χ3v) is 3.02. The summed E-state index contributed by atoms with van der Waals surface area (Å²) in [5.74, 6) is 0.839. The van der Waals surface area contributed by atoms with Crippen molar-refractivity contribution in [2.45, 2.75) is 13.5 Å². The Morgan fingerprint density at radius 2 is 2.05 bits per heavy atom. The first-order valence-electron chi connectivity index (χ1n) is 6.11. The van der Waals surface area contributed by atoms with Gasteiger partial charge in [0.15, 0.2) is 0 Å². The summed E-state index contributed by atoms with van der Waals surface area (Å²) in [6, 6.07) is 12.9. The van der Waals surface area contributed by atoms with Crippen LogP contribution in [0, 0.1) is 6.92 Å². The Morgan fingerprint density at radius 3 is 2.89 bits per heavy atom. The SMILES string of the molecule is Cc1ccc2c(COc3cccc(O)c3)coc2c1. The summed E-state index contributed by atoms with van der Waals surface area (Å²) in [5.41, 5.74) is 3.04. The summed E-state index contributed by atoms with van der Waals surface area (Å²) in [5, 5.41) is 10.4. The van der Waals surface area contributed by atoms with E-state index in [0.717, 1.165) is 16.5 Å². The highest BCUT2D eigenvalue weighted by Gasteiger charge is 2.06. The van der Waals surface area contributed by atoms with Gasteiger partial charge < -0.3 is 14.3 Å². The molecule has 0 fully saturated rings. The first kappa shape index (κ1) is 11.7. The number of furan rings is 1. The quantitative estimate of drug-likeness (QED) is 0.767. The lowest BCUT2D eigenvalue weighted by Gasteiger charge is -2.05. The van der Waals surface area contributed by atoms with Crippen molar-refractivity contribution in [3.8, 4) is 11.5 Å². The first-order valence-corrected chi connectivity index (χ1v) is 6.11. The number of ether oxygens (including phenoxy) is 1. The van der Waals surface area contributed by atoms with E-state index in [9.17, 15) is 5.11 Å². The van der Waals surface area contributed by atoms with Crippen molar-refractivity contribution in [2.75, 3.05) is 0 Å². The zero-order chi connectivity index (χ0) is 13.2. The third-order valence-electron chi connectivity index (χ3n) is 3.02. The van der Waals surface area contributed by atoms with Crippen LogP contribution in [0.15, 0.2) is 53.1 Å². The molecule has 3 rings (SSSR count). The predicted octanol–water partition coefficient (Wildman–Crippen LogP) is 4.03. The molecule has 3 nitrogen and oxygen atoms in total. The van der Waals surface area contributed by atoms with Gasteiger partial charge in [-0.2, -0.15) is 0 Å².